The van der Waals surface area contributed by atoms with Gasteiger partial charge in [-0.1, -0.05) is 24.6 Å². The largest absolute Gasteiger partial charge is 0.379 e. The molecule has 8 nitrogen and oxygen atoms in total. The minimum Gasteiger partial charge on any atom is -0.379 e. The molecule has 184 valence electrons. The normalized spacial score (nSPS) is 16.9. The lowest BCUT2D eigenvalue weighted by molar-refractivity contribution is 0.0729. The fourth-order valence-corrected chi connectivity index (χ4v) is 6.13. The van der Waals surface area contributed by atoms with Crippen LogP contribution >= 0.6 is 0 Å². The maximum atomic E-state index is 14.6. The van der Waals surface area contributed by atoms with Crippen molar-refractivity contribution in [1.29, 1.82) is 0 Å². The number of rotatable bonds is 5. The highest BCUT2D eigenvalue weighted by Crippen LogP contribution is 2.28. The van der Waals surface area contributed by atoms with Crippen LogP contribution in [0.4, 0.5) is 10.1 Å². The second kappa shape index (κ2) is 9.88. The zero-order chi connectivity index (χ0) is 24.4. The second-order valence-corrected chi connectivity index (χ2v) is 10.6. The predicted octanol–water partition coefficient (Wildman–Crippen LogP) is 3.55. The number of carbonyl (C=O) groups excluding carboxylic acids is 1. The highest BCUT2D eigenvalue weighted by Gasteiger charge is 2.30. The molecule has 10 heteroatoms. The summed E-state index contributed by atoms with van der Waals surface area (Å²) in [5.41, 5.74) is 3.32. The number of aromatic nitrogens is 2. The van der Waals surface area contributed by atoms with E-state index in [-0.39, 0.29) is 32.0 Å². The first kappa shape index (κ1) is 23.7. The Morgan fingerprint density at radius 1 is 1.00 bits per heavy atom. The minimum absolute atomic E-state index is 0.154. The number of sulfonamides is 1. The quantitative estimate of drug-likeness (QED) is 0.543. The van der Waals surface area contributed by atoms with Crippen molar-refractivity contribution in [3.8, 4) is 5.69 Å². The lowest BCUT2D eigenvalue weighted by atomic mass is 10.1. The van der Waals surface area contributed by atoms with Gasteiger partial charge in [0.15, 0.2) is 5.69 Å². The fourth-order valence-electron chi connectivity index (χ4n) is 4.64. The van der Waals surface area contributed by atoms with Crippen molar-refractivity contribution in [1.82, 2.24) is 14.1 Å². The Labute approximate surface area is 203 Å². The van der Waals surface area contributed by atoms with Crippen LogP contribution in [0.2, 0.25) is 0 Å². The van der Waals surface area contributed by atoms with Gasteiger partial charge in [-0.25, -0.2) is 17.5 Å². The molecule has 0 spiro atoms. The molecule has 0 unspecified atom stereocenters. The summed E-state index contributed by atoms with van der Waals surface area (Å²) in [7, 11) is -4.06. The molecule has 1 saturated heterocycles. The maximum Gasteiger partial charge on any atom is 0.276 e. The number of hydrogen-bond donors (Lipinski definition) is 1. The average molecular weight is 499 g/mol. The van der Waals surface area contributed by atoms with E-state index >= 15 is 0 Å². The van der Waals surface area contributed by atoms with Crippen LogP contribution in [-0.2, 0) is 27.6 Å². The van der Waals surface area contributed by atoms with Gasteiger partial charge in [-0.15, -0.1) is 0 Å². The average Bonchev–Trinajstić information content (AvgIpc) is 3.07. The molecular weight excluding hydrogens is 471 g/mol. The van der Waals surface area contributed by atoms with E-state index in [1.807, 2.05) is 35.0 Å². The minimum atomic E-state index is -4.06. The first-order valence-electron chi connectivity index (χ1n) is 11.8. The number of nitrogens with zero attached hydrogens (tertiary/aromatic N) is 3. The Morgan fingerprint density at radius 2 is 1.74 bits per heavy atom. The number of amides is 1. The molecule has 0 radical (unpaired) electrons. The number of hydrogen-bond acceptors (Lipinski definition) is 5. The number of anilines is 1. The molecule has 1 fully saturated rings. The molecule has 0 saturated carbocycles. The lowest BCUT2D eigenvalue weighted by Crippen LogP contribution is -2.40. The number of halogens is 1. The van der Waals surface area contributed by atoms with Gasteiger partial charge in [0.25, 0.3) is 5.91 Å². The molecule has 1 aromatic heterocycles. The van der Waals surface area contributed by atoms with Gasteiger partial charge in [-0.2, -0.15) is 9.40 Å². The van der Waals surface area contributed by atoms with Crippen LogP contribution < -0.4 is 5.32 Å². The summed E-state index contributed by atoms with van der Waals surface area (Å²) in [5.74, 6) is -1.31. The number of ether oxygens (including phenoxy) is 1. The fraction of sp³-hybridized carbons (Fsp3) is 0.360. The van der Waals surface area contributed by atoms with Crippen LogP contribution in [-0.4, -0.2) is 54.7 Å². The van der Waals surface area contributed by atoms with E-state index in [1.54, 1.807) is 0 Å². The molecule has 35 heavy (non-hydrogen) atoms. The maximum absolute atomic E-state index is 14.6. The van der Waals surface area contributed by atoms with Crippen molar-refractivity contribution in [2.45, 2.75) is 37.0 Å². The van der Waals surface area contributed by atoms with E-state index in [0.29, 0.717) is 5.69 Å². The third kappa shape index (κ3) is 4.73. The Morgan fingerprint density at radius 3 is 2.51 bits per heavy atom. The van der Waals surface area contributed by atoms with Gasteiger partial charge in [0, 0.05) is 30.0 Å². The van der Waals surface area contributed by atoms with Gasteiger partial charge >= 0.3 is 0 Å². The number of benzene rings is 2. The van der Waals surface area contributed by atoms with Gasteiger partial charge in [-0.3, -0.25) is 4.79 Å². The summed E-state index contributed by atoms with van der Waals surface area (Å²) in [4.78, 5) is 12.9. The molecule has 1 aliphatic heterocycles. The van der Waals surface area contributed by atoms with Gasteiger partial charge in [-0.05, 0) is 56.0 Å². The van der Waals surface area contributed by atoms with Crippen molar-refractivity contribution in [2.24, 2.45) is 0 Å². The number of carbonyl (C=O) groups is 1. The van der Waals surface area contributed by atoms with Crippen molar-refractivity contribution in [3.63, 3.8) is 0 Å². The Hall–Kier alpha value is -3.08. The molecule has 5 rings (SSSR count). The zero-order valence-corrected chi connectivity index (χ0v) is 20.1. The van der Waals surface area contributed by atoms with E-state index in [4.69, 9.17) is 4.74 Å². The highest BCUT2D eigenvalue weighted by atomic mass is 32.2. The van der Waals surface area contributed by atoms with Gasteiger partial charge in [0.05, 0.1) is 18.9 Å². The number of para-hydroxylation sites is 1. The van der Waals surface area contributed by atoms with Gasteiger partial charge in [0.2, 0.25) is 10.0 Å². The van der Waals surface area contributed by atoms with Crippen molar-refractivity contribution in [2.75, 3.05) is 31.6 Å². The van der Waals surface area contributed by atoms with Crippen LogP contribution in [0.15, 0.2) is 53.4 Å². The van der Waals surface area contributed by atoms with Gasteiger partial charge in [0.1, 0.15) is 10.7 Å². The molecule has 2 aromatic carbocycles. The molecule has 2 heterocycles. The van der Waals surface area contributed by atoms with E-state index in [0.717, 1.165) is 55.1 Å². The second-order valence-electron chi connectivity index (χ2n) is 8.70. The number of nitrogens with one attached hydrogen (secondary N) is 1. The summed E-state index contributed by atoms with van der Waals surface area (Å²) in [6, 6.07) is 13.3. The topological polar surface area (TPSA) is 93.5 Å². The standard InChI is InChI=1S/C25H27FN4O4S/c26-21-12-11-18(17-23(21)35(32,33)29-13-15-34-16-14-29)27-25(31)24-20-9-5-2-6-10-22(20)30(28-24)19-7-3-1-4-8-19/h1,3-4,7-8,11-12,17H,2,5-6,9-10,13-16H2,(H,27,31). The van der Waals surface area contributed by atoms with Crippen LogP contribution in [0, 0.1) is 5.82 Å². The summed E-state index contributed by atoms with van der Waals surface area (Å²) < 4.78 is 48.8. The first-order chi connectivity index (χ1) is 16.9. The molecular formula is C25H27FN4O4S. The lowest BCUT2D eigenvalue weighted by Gasteiger charge is -2.26. The smallest absolute Gasteiger partial charge is 0.276 e. The van der Waals surface area contributed by atoms with E-state index in [2.05, 4.69) is 10.4 Å². The van der Waals surface area contributed by atoms with Gasteiger partial charge < -0.3 is 10.1 Å². The predicted molar refractivity (Wildman–Crippen MR) is 129 cm³/mol. The van der Waals surface area contributed by atoms with E-state index in [1.165, 1.54) is 16.4 Å². The SMILES string of the molecule is O=C(Nc1ccc(F)c(S(=O)(=O)N2CCOCC2)c1)c1nn(-c2ccccc2)c2c1CCCCC2. The molecule has 0 bridgehead atoms. The van der Waals surface area contributed by atoms with Crippen molar-refractivity contribution < 1.29 is 22.3 Å². The van der Waals surface area contributed by atoms with Crippen molar-refractivity contribution in [3.05, 3.63) is 71.3 Å². The molecule has 1 amide bonds. The van der Waals surface area contributed by atoms with Crippen LogP contribution in [0.5, 0.6) is 0 Å². The third-order valence-electron chi connectivity index (χ3n) is 6.42. The molecule has 2 aliphatic rings. The van der Waals surface area contributed by atoms with Crippen LogP contribution in [0.25, 0.3) is 5.69 Å². The summed E-state index contributed by atoms with van der Waals surface area (Å²) in [6.07, 6.45) is 4.62. The monoisotopic (exact) mass is 498 g/mol. The molecule has 1 aliphatic carbocycles. The van der Waals surface area contributed by atoms with E-state index < -0.39 is 26.6 Å². The first-order valence-corrected chi connectivity index (χ1v) is 13.2. The van der Waals surface area contributed by atoms with Crippen LogP contribution in [0.3, 0.4) is 0 Å². The summed E-state index contributed by atoms with van der Waals surface area (Å²) >= 11 is 0. The third-order valence-corrected chi connectivity index (χ3v) is 8.34. The highest BCUT2D eigenvalue weighted by molar-refractivity contribution is 7.89. The Balaban J connectivity index is 1.47. The van der Waals surface area contributed by atoms with E-state index in [9.17, 15) is 17.6 Å². The summed E-state index contributed by atoms with van der Waals surface area (Å²) in [5, 5.41) is 7.40. The Kier molecular flexibility index (Phi) is 6.68. The number of fused-ring (bicyclic) bond motifs is 1. The molecule has 0 atom stereocenters. The summed E-state index contributed by atoms with van der Waals surface area (Å²) in [6.45, 7) is 0.821. The van der Waals surface area contributed by atoms with Crippen molar-refractivity contribution >= 4 is 21.6 Å². The zero-order valence-electron chi connectivity index (χ0n) is 19.2. The Bertz CT molecular complexity index is 1330. The van der Waals surface area contributed by atoms with Crippen LogP contribution in [0.1, 0.15) is 41.0 Å². The molecule has 3 aromatic rings. The number of morpholine rings is 1. The molecule has 1 N–H and O–H groups in total.